The number of carbonyl (C=O) groups is 1. The Bertz CT molecular complexity index is 367. The molecule has 0 aliphatic carbocycles. The number of hydrogen-bond donors (Lipinski definition) is 0. The summed E-state index contributed by atoms with van der Waals surface area (Å²) in [5.74, 6) is -0.0809. The topological polar surface area (TPSA) is 57.2 Å². The van der Waals surface area contributed by atoms with Crippen LogP contribution >= 0.6 is 11.6 Å². The molecule has 0 unspecified atom stereocenters. The number of furan rings is 1. The van der Waals surface area contributed by atoms with E-state index in [-0.39, 0.29) is 16.9 Å². The summed E-state index contributed by atoms with van der Waals surface area (Å²) in [6.45, 7) is 0.383. The van der Waals surface area contributed by atoms with Crippen molar-refractivity contribution in [1.82, 2.24) is 4.90 Å². The van der Waals surface area contributed by atoms with Crippen LogP contribution in [-0.2, 0) is 0 Å². The van der Waals surface area contributed by atoms with Gasteiger partial charge in [0.25, 0.3) is 5.91 Å². The molecule has 1 amide bonds. The monoisotopic (exact) mass is 212 g/mol. The lowest BCUT2D eigenvalue weighted by Gasteiger charge is -2.12. The Balaban J connectivity index is 2.62. The second-order valence-corrected chi connectivity index (χ2v) is 3.11. The first-order valence-electron chi connectivity index (χ1n) is 4.03. The number of halogens is 1. The Morgan fingerprint density at radius 1 is 1.71 bits per heavy atom. The van der Waals surface area contributed by atoms with Crippen molar-refractivity contribution in [3.05, 3.63) is 23.1 Å². The fraction of sp³-hybridized carbons (Fsp3) is 0.333. The third-order valence-corrected chi connectivity index (χ3v) is 1.89. The van der Waals surface area contributed by atoms with Gasteiger partial charge in [0.1, 0.15) is 0 Å². The van der Waals surface area contributed by atoms with Gasteiger partial charge in [0.2, 0.25) is 0 Å². The summed E-state index contributed by atoms with van der Waals surface area (Å²) in [5.41, 5.74) is 0. The first-order chi connectivity index (χ1) is 6.65. The van der Waals surface area contributed by atoms with Crippen molar-refractivity contribution in [2.24, 2.45) is 0 Å². The smallest absolute Gasteiger partial charge is 0.289 e. The zero-order valence-electron chi connectivity index (χ0n) is 7.66. The minimum Gasteiger partial charge on any atom is -0.440 e. The fourth-order valence-corrected chi connectivity index (χ4v) is 1.08. The molecule has 1 aromatic rings. The van der Waals surface area contributed by atoms with E-state index in [2.05, 4.69) is 0 Å². The van der Waals surface area contributed by atoms with E-state index in [0.717, 1.165) is 0 Å². The molecule has 14 heavy (non-hydrogen) atoms. The number of rotatable bonds is 3. The Morgan fingerprint density at radius 3 is 2.93 bits per heavy atom. The number of nitriles is 1. The van der Waals surface area contributed by atoms with Crippen LogP contribution in [0, 0.1) is 11.3 Å². The van der Waals surface area contributed by atoms with Gasteiger partial charge in [0.05, 0.1) is 12.5 Å². The Kier molecular flexibility index (Phi) is 3.55. The van der Waals surface area contributed by atoms with Gasteiger partial charge in [-0.2, -0.15) is 5.26 Å². The van der Waals surface area contributed by atoms with E-state index in [1.807, 2.05) is 6.07 Å². The van der Waals surface area contributed by atoms with Gasteiger partial charge in [-0.25, -0.2) is 0 Å². The van der Waals surface area contributed by atoms with Crippen LogP contribution in [0.25, 0.3) is 0 Å². The zero-order chi connectivity index (χ0) is 10.6. The summed E-state index contributed by atoms with van der Waals surface area (Å²) in [7, 11) is 1.61. The van der Waals surface area contributed by atoms with Crippen molar-refractivity contribution in [1.29, 1.82) is 5.26 Å². The first kappa shape index (κ1) is 10.6. The SMILES string of the molecule is CN(CCC#N)C(=O)c1ccc(Cl)o1. The summed E-state index contributed by atoms with van der Waals surface area (Å²) in [5, 5.41) is 8.52. The molecule has 0 saturated carbocycles. The molecular formula is C9H9ClN2O2. The lowest BCUT2D eigenvalue weighted by atomic mass is 10.3. The molecule has 0 bridgehead atoms. The number of hydrogen-bond acceptors (Lipinski definition) is 3. The van der Waals surface area contributed by atoms with E-state index in [0.29, 0.717) is 13.0 Å². The number of amides is 1. The minimum atomic E-state index is -0.271. The maximum absolute atomic E-state index is 11.5. The minimum absolute atomic E-state index is 0.182. The molecule has 0 fully saturated rings. The molecule has 0 atom stereocenters. The van der Waals surface area contributed by atoms with Gasteiger partial charge in [-0.15, -0.1) is 0 Å². The molecule has 74 valence electrons. The van der Waals surface area contributed by atoms with E-state index >= 15 is 0 Å². The average Bonchev–Trinajstić information content (AvgIpc) is 2.60. The standard InChI is InChI=1S/C9H9ClN2O2/c1-12(6-2-5-11)9(13)7-3-4-8(10)14-7/h3-4H,2,6H2,1H3. The van der Waals surface area contributed by atoms with Crippen LogP contribution in [0.15, 0.2) is 16.5 Å². The van der Waals surface area contributed by atoms with Crippen molar-refractivity contribution in [2.75, 3.05) is 13.6 Å². The molecule has 0 radical (unpaired) electrons. The van der Waals surface area contributed by atoms with Crippen LogP contribution < -0.4 is 0 Å². The fourth-order valence-electron chi connectivity index (χ4n) is 0.937. The third kappa shape index (κ3) is 2.51. The third-order valence-electron chi connectivity index (χ3n) is 1.69. The van der Waals surface area contributed by atoms with Crippen LogP contribution in [0.1, 0.15) is 17.0 Å². The van der Waals surface area contributed by atoms with Crippen LogP contribution in [0.4, 0.5) is 0 Å². The van der Waals surface area contributed by atoms with E-state index in [4.69, 9.17) is 21.3 Å². The van der Waals surface area contributed by atoms with Crippen molar-refractivity contribution >= 4 is 17.5 Å². The molecule has 5 heteroatoms. The summed E-state index contributed by atoms with van der Waals surface area (Å²) >= 11 is 5.52. The Labute approximate surface area is 86.7 Å². The highest BCUT2D eigenvalue weighted by Crippen LogP contribution is 2.14. The van der Waals surface area contributed by atoms with E-state index in [1.54, 1.807) is 7.05 Å². The van der Waals surface area contributed by atoms with Crippen LogP contribution in [0.5, 0.6) is 0 Å². The molecule has 4 nitrogen and oxygen atoms in total. The normalized spacial score (nSPS) is 9.50. The predicted molar refractivity (Wildman–Crippen MR) is 50.9 cm³/mol. The molecule has 0 aliphatic heterocycles. The van der Waals surface area contributed by atoms with Gasteiger partial charge in [-0.1, -0.05) is 0 Å². The first-order valence-corrected chi connectivity index (χ1v) is 4.40. The highest BCUT2D eigenvalue weighted by molar-refractivity contribution is 6.29. The maximum atomic E-state index is 11.5. The number of nitrogens with zero attached hydrogens (tertiary/aromatic N) is 2. The molecule has 0 spiro atoms. The van der Waals surface area contributed by atoms with Crippen molar-refractivity contribution in [3.8, 4) is 6.07 Å². The maximum Gasteiger partial charge on any atom is 0.289 e. The molecule has 1 aromatic heterocycles. The van der Waals surface area contributed by atoms with Crippen LogP contribution in [-0.4, -0.2) is 24.4 Å². The van der Waals surface area contributed by atoms with E-state index in [9.17, 15) is 4.79 Å². The molecular weight excluding hydrogens is 204 g/mol. The van der Waals surface area contributed by atoms with E-state index < -0.39 is 0 Å². The van der Waals surface area contributed by atoms with Gasteiger partial charge in [-0.05, 0) is 23.7 Å². The molecule has 0 N–H and O–H groups in total. The quantitative estimate of drug-likeness (QED) is 0.769. The Morgan fingerprint density at radius 2 is 2.43 bits per heavy atom. The second kappa shape index (κ2) is 4.68. The molecule has 0 aliphatic rings. The van der Waals surface area contributed by atoms with Crippen molar-refractivity contribution < 1.29 is 9.21 Å². The second-order valence-electron chi connectivity index (χ2n) is 2.74. The van der Waals surface area contributed by atoms with Gasteiger partial charge in [-0.3, -0.25) is 4.79 Å². The lowest BCUT2D eigenvalue weighted by molar-refractivity contribution is 0.0766. The highest BCUT2D eigenvalue weighted by Gasteiger charge is 2.14. The van der Waals surface area contributed by atoms with Gasteiger partial charge >= 0.3 is 0 Å². The van der Waals surface area contributed by atoms with Gasteiger partial charge in [0, 0.05) is 13.6 Å². The average molecular weight is 213 g/mol. The molecule has 1 heterocycles. The van der Waals surface area contributed by atoms with E-state index in [1.165, 1.54) is 17.0 Å². The van der Waals surface area contributed by atoms with Crippen LogP contribution in [0.3, 0.4) is 0 Å². The number of carbonyl (C=O) groups excluding carboxylic acids is 1. The van der Waals surface area contributed by atoms with Gasteiger partial charge < -0.3 is 9.32 Å². The Hall–Kier alpha value is -1.47. The van der Waals surface area contributed by atoms with Crippen LogP contribution in [0.2, 0.25) is 5.22 Å². The largest absolute Gasteiger partial charge is 0.440 e. The van der Waals surface area contributed by atoms with Crippen molar-refractivity contribution in [3.63, 3.8) is 0 Å². The molecule has 0 saturated heterocycles. The molecule has 1 rings (SSSR count). The summed E-state index contributed by atoms with van der Waals surface area (Å²) in [6, 6.07) is 4.97. The summed E-state index contributed by atoms with van der Waals surface area (Å²) in [6.07, 6.45) is 0.302. The predicted octanol–water partition coefficient (Wildman–Crippen LogP) is 1.92. The lowest BCUT2D eigenvalue weighted by Crippen LogP contribution is -2.27. The summed E-state index contributed by atoms with van der Waals surface area (Å²) < 4.78 is 4.94. The van der Waals surface area contributed by atoms with Gasteiger partial charge in [0.15, 0.2) is 11.0 Å². The zero-order valence-corrected chi connectivity index (χ0v) is 8.41. The van der Waals surface area contributed by atoms with Crippen molar-refractivity contribution in [2.45, 2.75) is 6.42 Å². The summed E-state index contributed by atoms with van der Waals surface area (Å²) in [4.78, 5) is 12.9. The highest BCUT2D eigenvalue weighted by atomic mass is 35.5. The molecule has 0 aromatic carbocycles.